The second-order valence-corrected chi connectivity index (χ2v) is 6.02. The van der Waals surface area contributed by atoms with Gasteiger partial charge < -0.3 is 10.6 Å². The lowest BCUT2D eigenvalue weighted by Crippen LogP contribution is -2.50. The van der Waals surface area contributed by atoms with E-state index < -0.39 is 0 Å². The predicted molar refractivity (Wildman–Crippen MR) is 78.3 cm³/mol. The maximum absolute atomic E-state index is 12.9. The monoisotopic (exact) mass is 276 g/mol. The number of fused-ring (bicyclic) bond motifs is 1. The molecule has 1 amide bonds. The highest BCUT2D eigenvalue weighted by atomic mass is 16.2. The number of carbonyl (C=O) groups excluding carboxylic acids is 1. The molecule has 2 N–H and O–H groups in total. The van der Waals surface area contributed by atoms with Crippen molar-refractivity contribution in [3.8, 4) is 0 Å². The molecule has 0 radical (unpaired) electrons. The van der Waals surface area contributed by atoms with E-state index in [9.17, 15) is 4.79 Å². The average molecular weight is 276 g/mol. The molecule has 2 unspecified atom stereocenters. The molecule has 3 rings (SSSR count). The molecule has 2 heterocycles. The lowest BCUT2D eigenvalue weighted by atomic mass is 9.78. The Balaban J connectivity index is 1.87. The summed E-state index contributed by atoms with van der Waals surface area (Å²) in [6, 6.07) is 0.421. The molecule has 2 atom stereocenters. The summed E-state index contributed by atoms with van der Waals surface area (Å²) >= 11 is 0. The Morgan fingerprint density at radius 1 is 1.35 bits per heavy atom. The van der Waals surface area contributed by atoms with Crippen LogP contribution in [-0.2, 0) is 6.54 Å². The van der Waals surface area contributed by atoms with Crippen molar-refractivity contribution in [1.29, 1.82) is 0 Å². The van der Waals surface area contributed by atoms with E-state index in [1.807, 2.05) is 6.92 Å². The van der Waals surface area contributed by atoms with E-state index in [-0.39, 0.29) is 5.91 Å². The number of nitrogens with zero attached hydrogens (tertiary/aromatic N) is 3. The third kappa shape index (κ3) is 2.19. The van der Waals surface area contributed by atoms with Gasteiger partial charge in [0.25, 0.3) is 5.91 Å². The van der Waals surface area contributed by atoms with Gasteiger partial charge in [-0.15, -0.1) is 0 Å². The van der Waals surface area contributed by atoms with Crippen molar-refractivity contribution in [3.63, 3.8) is 0 Å². The molecule has 20 heavy (non-hydrogen) atoms. The quantitative estimate of drug-likeness (QED) is 0.901. The zero-order valence-corrected chi connectivity index (χ0v) is 12.2. The smallest absolute Gasteiger partial charge is 0.274 e. The molecule has 0 spiro atoms. The zero-order chi connectivity index (χ0) is 14.1. The molecule has 5 nitrogen and oxygen atoms in total. The van der Waals surface area contributed by atoms with Gasteiger partial charge in [-0.2, -0.15) is 5.10 Å². The normalized spacial score (nSPS) is 26.4. The molecular weight excluding hydrogens is 252 g/mol. The SMILES string of the molecule is CCn1ncc(N)c1C(=O)N1CCCC2CCCCC21. The van der Waals surface area contributed by atoms with E-state index in [2.05, 4.69) is 10.00 Å². The number of aryl methyl sites for hydroxylation is 1. The molecule has 5 heteroatoms. The van der Waals surface area contributed by atoms with Gasteiger partial charge in [-0.3, -0.25) is 9.48 Å². The number of hydrogen-bond donors (Lipinski definition) is 1. The lowest BCUT2D eigenvalue weighted by molar-refractivity contribution is 0.0380. The third-order valence-electron chi connectivity index (χ3n) is 4.87. The van der Waals surface area contributed by atoms with Crippen molar-refractivity contribution < 1.29 is 4.79 Å². The molecular formula is C15H24N4O. The molecule has 1 aliphatic carbocycles. The first kappa shape index (κ1) is 13.5. The fourth-order valence-corrected chi connectivity index (χ4v) is 3.89. The molecule has 2 fully saturated rings. The van der Waals surface area contributed by atoms with Crippen molar-refractivity contribution in [3.05, 3.63) is 11.9 Å². The highest BCUT2D eigenvalue weighted by Gasteiger charge is 2.37. The number of anilines is 1. The van der Waals surface area contributed by atoms with Crippen LogP contribution in [0.4, 0.5) is 5.69 Å². The molecule has 1 aliphatic heterocycles. The standard InChI is InChI=1S/C15H24N4O/c1-2-19-14(12(16)10-17-19)15(20)18-9-5-7-11-6-3-4-8-13(11)18/h10-11,13H,2-9,16H2,1H3. The van der Waals surface area contributed by atoms with Gasteiger partial charge in [-0.25, -0.2) is 0 Å². The maximum Gasteiger partial charge on any atom is 0.274 e. The minimum absolute atomic E-state index is 0.0819. The predicted octanol–water partition coefficient (Wildman–Crippen LogP) is 2.28. The minimum Gasteiger partial charge on any atom is -0.396 e. The van der Waals surface area contributed by atoms with Crippen LogP contribution in [0.3, 0.4) is 0 Å². The van der Waals surface area contributed by atoms with Gasteiger partial charge in [0, 0.05) is 19.1 Å². The molecule has 1 aromatic rings. The van der Waals surface area contributed by atoms with Crippen LogP contribution in [0.1, 0.15) is 55.9 Å². The van der Waals surface area contributed by atoms with Crippen LogP contribution in [0, 0.1) is 5.92 Å². The highest BCUT2D eigenvalue weighted by molar-refractivity contribution is 5.97. The Morgan fingerprint density at radius 2 is 2.10 bits per heavy atom. The van der Waals surface area contributed by atoms with Crippen LogP contribution < -0.4 is 5.73 Å². The summed E-state index contributed by atoms with van der Waals surface area (Å²) in [6.07, 6.45) is 8.97. The number of nitrogens with two attached hydrogens (primary N) is 1. The number of aromatic nitrogens is 2. The summed E-state index contributed by atoms with van der Waals surface area (Å²) in [5, 5.41) is 4.20. The number of nitrogen functional groups attached to an aromatic ring is 1. The number of piperidine rings is 1. The first-order valence-electron chi connectivity index (χ1n) is 7.84. The Kier molecular flexibility index (Phi) is 3.68. The van der Waals surface area contributed by atoms with E-state index in [1.165, 1.54) is 25.7 Å². The zero-order valence-electron chi connectivity index (χ0n) is 12.2. The Bertz CT molecular complexity index is 494. The van der Waals surface area contributed by atoms with Gasteiger partial charge in [-0.1, -0.05) is 12.8 Å². The molecule has 1 aromatic heterocycles. The van der Waals surface area contributed by atoms with Crippen LogP contribution in [0.2, 0.25) is 0 Å². The van der Waals surface area contributed by atoms with Crippen molar-refractivity contribution >= 4 is 11.6 Å². The van der Waals surface area contributed by atoms with E-state index in [4.69, 9.17) is 5.73 Å². The van der Waals surface area contributed by atoms with E-state index in [1.54, 1.807) is 10.9 Å². The summed E-state index contributed by atoms with van der Waals surface area (Å²) in [5.74, 6) is 0.777. The molecule has 1 saturated heterocycles. The van der Waals surface area contributed by atoms with E-state index in [0.717, 1.165) is 19.4 Å². The number of hydrogen-bond acceptors (Lipinski definition) is 3. The summed E-state index contributed by atoms with van der Waals surface area (Å²) in [7, 11) is 0. The number of rotatable bonds is 2. The van der Waals surface area contributed by atoms with Crippen LogP contribution in [0.25, 0.3) is 0 Å². The first-order chi connectivity index (χ1) is 9.72. The van der Waals surface area contributed by atoms with Crippen molar-refractivity contribution in [2.45, 2.75) is 58.0 Å². The average Bonchev–Trinajstić information content (AvgIpc) is 2.87. The molecule has 1 saturated carbocycles. The van der Waals surface area contributed by atoms with E-state index in [0.29, 0.717) is 29.9 Å². The minimum atomic E-state index is 0.0819. The molecule has 0 bridgehead atoms. The van der Waals surface area contributed by atoms with Gasteiger partial charge >= 0.3 is 0 Å². The largest absolute Gasteiger partial charge is 0.396 e. The molecule has 0 aromatic carbocycles. The fourth-order valence-electron chi connectivity index (χ4n) is 3.89. The van der Waals surface area contributed by atoms with Gasteiger partial charge in [0.05, 0.1) is 11.9 Å². The summed E-state index contributed by atoms with van der Waals surface area (Å²) in [5.41, 5.74) is 7.05. The number of carbonyl (C=O) groups is 1. The second-order valence-electron chi connectivity index (χ2n) is 6.02. The van der Waals surface area contributed by atoms with Crippen LogP contribution >= 0.6 is 0 Å². The third-order valence-corrected chi connectivity index (χ3v) is 4.87. The Morgan fingerprint density at radius 3 is 2.90 bits per heavy atom. The van der Waals surface area contributed by atoms with Gasteiger partial charge in [0.2, 0.25) is 0 Å². The fraction of sp³-hybridized carbons (Fsp3) is 0.733. The van der Waals surface area contributed by atoms with Crippen LogP contribution in [0.15, 0.2) is 6.20 Å². The Labute approximate surface area is 120 Å². The van der Waals surface area contributed by atoms with Crippen molar-refractivity contribution in [1.82, 2.24) is 14.7 Å². The lowest BCUT2D eigenvalue weighted by Gasteiger charge is -2.44. The summed E-state index contributed by atoms with van der Waals surface area (Å²) < 4.78 is 1.73. The van der Waals surface area contributed by atoms with Gasteiger partial charge in [0.15, 0.2) is 0 Å². The first-order valence-corrected chi connectivity index (χ1v) is 7.84. The Hall–Kier alpha value is -1.52. The van der Waals surface area contributed by atoms with Crippen molar-refractivity contribution in [2.24, 2.45) is 5.92 Å². The topological polar surface area (TPSA) is 64.2 Å². The summed E-state index contributed by atoms with van der Waals surface area (Å²) in [4.78, 5) is 15.0. The maximum atomic E-state index is 12.9. The number of likely N-dealkylation sites (tertiary alicyclic amines) is 1. The molecule has 110 valence electrons. The number of amides is 1. The molecule has 2 aliphatic rings. The van der Waals surface area contributed by atoms with Gasteiger partial charge in [0.1, 0.15) is 5.69 Å². The summed E-state index contributed by atoms with van der Waals surface area (Å²) in [6.45, 7) is 3.54. The second kappa shape index (κ2) is 5.46. The van der Waals surface area contributed by atoms with Crippen LogP contribution in [-0.4, -0.2) is 33.2 Å². The van der Waals surface area contributed by atoms with Gasteiger partial charge in [-0.05, 0) is 38.5 Å². The van der Waals surface area contributed by atoms with Crippen LogP contribution in [0.5, 0.6) is 0 Å². The highest BCUT2D eigenvalue weighted by Crippen LogP contribution is 2.36. The van der Waals surface area contributed by atoms with Crippen molar-refractivity contribution in [2.75, 3.05) is 12.3 Å². The van der Waals surface area contributed by atoms with E-state index >= 15 is 0 Å².